The average Bonchev–Trinajstić information content (AvgIpc) is 3.18. The third-order valence-electron chi connectivity index (χ3n) is 3.85. The summed E-state index contributed by atoms with van der Waals surface area (Å²) in [6.45, 7) is 7.66. The Balaban J connectivity index is 1.59. The fourth-order valence-corrected chi connectivity index (χ4v) is 3.66. The van der Waals surface area contributed by atoms with E-state index in [4.69, 9.17) is 4.98 Å². The molecule has 0 saturated carbocycles. The molecule has 3 aromatic rings. The molecule has 0 aliphatic rings. The molecule has 0 aliphatic carbocycles. The van der Waals surface area contributed by atoms with Gasteiger partial charge in [0.2, 0.25) is 0 Å². The third-order valence-corrected chi connectivity index (χ3v) is 4.84. The first kappa shape index (κ1) is 17.3. The molecule has 0 unspecified atom stereocenters. The van der Waals surface area contributed by atoms with Crippen LogP contribution in [0.3, 0.4) is 0 Å². The Morgan fingerprint density at radius 1 is 1.24 bits per heavy atom. The zero-order chi connectivity index (χ0) is 17.8. The van der Waals surface area contributed by atoms with E-state index < -0.39 is 0 Å². The highest BCUT2D eigenvalue weighted by molar-refractivity contribution is 7.11. The van der Waals surface area contributed by atoms with Crippen molar-refractivity contribution in [3.63, 3.8) is 0 Å². The third kappa shape index (κ3) is 3.96. The summed E-state index contributed by atoms with van der Waals surface area (Å²) in [6, 6.07) is 5.84. The molecule has 0 amide bonds. The molecule has 132 valence electrons. The number of aliphatic imine (C=N–C) groups is 1. The van der Waals surface area contributed by atoms with Crippen LogP contribution in [0, 0.1) is 6.92 Å². The minimum Gasteiger partial charge on any atom is -0.350 e. The molecule has 2 N–H and O–H groups in total. The van der Waals surface area contributed by atoms with Crippen LogP contribution < -0.4 is 10.6 Å². The van der Waals surface area contributed by atoms with Crippen molar-refractivity contribution in [3.8, 4) is 0 Å². The molecular formula is C17H23N7S. The van der Waals surface area contributed by atoms with E-state index in [0.29, 0.717) is 25.0 Å². The lowest BCUT2D eigenvalue weighted by atomic mass is 10.1. The Bertz CT molecular complexity index is 878. The number of nitrogens with zero attached hydrogens (tertiary/aromatic N) is 5. The van der Waals surface area contributed by atoms with Crippen molar-refractivity contribution in [3.05, 3.63) is 45.8 Å². The normalized spacial score (nSPS) is 12.1. The van der Waals surface area contributed by atoms with Gasteiger partial charge >= 0.3 is 0 Å². The SMILES string of the molecule is CN=C(NCc1nc(C(C)C)c(C)s1)NCc1nnc2ccccn12. The van der Waals surface area contributed by atoms with Crippen molar-refractivity contribution in [2.75, 3.05) is 7.05 Å². The quantitative estimate of drug-likeness (QED) is 0.542. The highest BCUT2D eigenvalue weighted by atomic mass is 32.1. The number of rotatable bonds is 5. The molecule has 8 heteroatoms. The van der Waals surface area contributed by atoms with Crippen molar-refractivity contribution < 1.29 is 0 Å². The smallest absolute Gasteiger partial charge is 0.191 e. The standard InChI is InChI=1S/C17H23N7S/c1-11(2)16-12(3)25-15(21-16)10-20-17(18-4)19-9-14-23-22-13-7-5-6-8-24(13)14/h5-8,11H,9-10H2,1-4H3,(H2,18,19,20). The van der Waals surface area contributed by atoms with Gasteiger partial charge in [0, 0.05) is 18.1 Å². The first-order chi connectivity index (χ1) is 12.1. The van der Waals surface area contributed by atoms with Crippen LogP contribution in [0.4, 0.5) is 0 Å². The second-order valence-corrected chi connectivity index (χ2v) is 7.32. The highest BCUT2D eigenvalue weighted by Crippen LogP contribution is 2.23. The fraction of sp³-hybridized carbons (Fsp3) is 0.412. The number of aromatic nitrogens is 4. The molecule has 0 bridgehead atoms. The summed E-state index contributed by atoms with van der Waals surface area (Å²) in [7, 11) is 1.75. The molecule has 0 radical (unpaired) electrons. The van der Waals surface area contributed by atoms with Crippen LogP contribution in [0.2, 0.25) is 0 Å². The van der Waals surface area contributed by atoms with Crippen molar-refractivity contribution in [1.82, 2.24) is 30.2 Å². The summed E-state index contributed by atoms with van der Waals surface area (Å²) >= 11 is 1.73. The molecule has 0 aromatic carbocycles. The van der Waals surface area contributed by atoms with Crippen LogP contribution >= 0.6 is 11.3 Å². The van der Waals surface area contributed by atoms with Crippen molar-refractivity contribution in [2.24, 2.45) is 4.99 Å². The number of hydrogen-bond acceptors (Lipinski definition) is 5. The van der Waals surface area contributed by atoms with E-state index >= 15 is 0 Å². The molecule has 0 fully saturated rings. The molecule has 0 aliphatic heterocycles. The summed E-state index contributed by atoms with van der Waals surface area (Å²) in [4.78, 5) is 10.3. The van der Waals surface area contributed by atoms with Gasteiger partial charge in [0.05, 0.1) is 18.8 Å². The first-order valence-corrected chi connectivity index (χ1v) is 9.09. The van der Waals surface area contributed by atoms with Gasteiger partial charge in [0.1, 0.15) is 5.01 Å². The Morgan fingerprint density at radius 3 is 2.76 bits per heavy atom. The predicted octanol–water partition coefficient (Wildman–Crippen LogP) is 2.48. The maximum atomic E-state index is 4.71. The summed E-state index contributed by atoms with van der Waals surface area (Å²) in [5, 5.41) is 16.0. The molecule has 0 saturated heterocycles. The van der Waals surface area contributed by atoms with Crippen LogP contribution in [0.15, 0.2) is 29.4 Å². The van der Waals surface area contributed by atoms with Gasteiger partial charge in [-0.05, 0) is 25.0 Å². The van der Waals surface area contributed by atoms with E-state index in [1.807, 2.05) is 28.8 Å². The number of nitrogens with one attached hydrogen (secondary N) is 2. The van der Waals surface area contributed by atoms with E-state index in [1.165, 1.54) is 10.6 Å². The number of thiazole rings is 1. The van der Waals surface area contributed by atoms with Crippen molar-refractivity contribution >= 4 is 22.9 Å². The summed E-state index contributed by atoms with van der Waals surface area (Å²) in [5.74, 6) is 2.00. The Kier molecular flexibility index (Phi) is 5.28. The Morgan fingerprint density at radius 2 is 2.04 bits per heavy atom. The van der Waals surface area contributed by atoms with Gasteiger partial charge in [-0.2, -0.15) is 0 Å². The maximum absolute atomic E-state index is 4.71. The number of pyridine rings is 1. The molecular weight excluding hydrogens is 334 g/mol. The second-order valence-electron chi connectivity index (χ2n) is 6.03. The van der Waals surface area contributed by atoms with Crippen molar-refractivity contribution in [1.29, 1.82) is 0 Å². The lowest BCUT2D eigenvalue weighted by Gasteiger charge is -2.10. The van der Waals surface area contributed by atoms with E-state index in [1.54, 1.807) is 18.4 Å². The number of aryl methyl sites for hydroxylation is 1. The van der Waals surface area contributed by atoms with E-state index in [-0.39, 0.29) is 0 Å². The van der Waals surface area contributed by atoms with Gasteiger partial charge in [0.15, 0.2) is 17.4 Å². The first-order valence-electron chi connectivity index (χ1n) is 8.28. The molecule has 7 nitrogen and oxygen atoms in total. The minimum atomic E-state index is 0.448. The second kappa shape index (κ2) is 7.60. The number of fused-ring (bicyclic) bond motifs is 1. The summed E-state index contributed by atoms with van der Waals surface area (Å²) < 4.78 is 1.96. The molecule has 3 rings (SSSR count). The largest absolute Gasteiger partial charge is 0.350 e. The van der Waals surface area contributed by atoms with Crippen molar-refractivity contribution in [2.45, 2.75) is 39.8 Å². The van der Waals surface area contributed by atoms with E-state index in [0.717, 1.165) is 16.5 Å². The van der Waals surface area contributed by atoms with Crippen LogP contribution in [0.1, 0.15) is 41.2 Å². The van der Waals surface area contributed by atoms with Crippen LogP contribution in [-0.4, -0.2) is 32.6 Å². The number of guanidine groups is 1. The molecule has 0 atom stereocenters. The topological polar surface area (TPSA) is 79.5 Å². The summed E-state index contributed by atoms with van der Waals surface area (Å²) in [6.07, 6.45) is 1.95. The molecule has 3 aromatic heterocycles. The molecule has 3 heterocycles. The minimum absolute atomic E-state index is 0.448. The average molecular weight is 357 g/mol. The van der Waals surface area contributed by atoms with Gasteiger partial charge in [0.25, 0.3) is 0 Å². The predicted molar refractivity (Wildman–Crippen MR) is 101 cm³/mol. The van der Waals surface area contributed by atoms with Gasteiger partial charge in [-0.15, -0.1) is 21.5 Å². The molecule has 25 heavy (non-hydrogen) atoms. The Labute approximate surface area is 151 Å². The monoisotopic (exact) mass is 357 g/mol. The van der Waals surface area contributed by atoms with Crippen LogP contribution in [0.25, 0.3) is 5.65 Å². The fourth-order valence-electron chi connectivity index (χ4n) is 2.63. The zero-order valence-electron chi connectivity index (χ0n) is 14.9. The van der Waals surface area contributed by atoms with Gasteiger partial charge in [-0.3, -0.25) is 9.39 Å². The maximum Gasteiger partial charge on any atom is 0.191 e. The lowest BCUT2D eigenvalue weighted by Crippen LogP contribution is -2.36. The van der Waals surface area contributed by atoms with Gasteiger partial charge in [-0.25, -0.2) is 4.98 Å². The zero-order valence-corrected chi connectivity index (χ0v) is 15.8. The number of hydrogen-bond donors (Lipinski definition) is 2. The Hall–Kier alpha value is -2.48. The highest BCUT2D eigenvalue weighted by Gasteiger charge is 2.11. The van der Waals surface area contributed by atoms with Crippen LogP contribution in [0.5, 0.6) is 0 Å². The van der Waals surface area contributed by atoms with E-state index in [9.17, 15) is 0 Å². The van der Waals surface area contributed by atoms with E-state index in [2.05, 4.69) is 46.6 Å². The van der Waals surface area contributed by atoms with Gasteiger partial charge in [-0.1, -0.05) is 19.9 Å². The molecule has 0 spiro atoms. The van der Waals surface area contributed by atoms with Crippen LogP contribution in [-0.2, 0) is 13.1 Å². The summed E-state index contributed by atoms with van der Waals surface area (Å²) in [5.41, 5.74) is 2.02. The van der Waals surface area contributed by atoms with Gasteiger partial charge < -0.3 is 10.6 Å². The lowest BCUT2D eigenvalue weighted by molar-refractivity contribution is 0.755.